The molecule has 0 saturated heterocycles. The molecule has 0 saturated carbocycles. The molecule has 5 heterocycles. The van der Waals surface area contributed by atoms with Crippen LogP contribution in [-0.4, -0.2) is 24.2 Å². The molecule has 0 amide bonds. The molecule has 3 N–H and O–H groups in total. The Labute approximate surface area is 253 Å². The lowest BCUT2D eigenvalue weighted by atomic mass is 10.1. The summed E-state index contributed by atoms with van der Waals surface area (Å²) in [6.45, 7) is 0.693. The summed E-state index contributed by atoms with van der Waals surface area (Å²) >= 11 is 7.05. The fourth-order valence-electron chi connectivity index (χ4n) is 4.56. The van der Waals surface area contributed by atoms with E-state index in [9.17, 15) is 0 Å². The van der Waals surface area contributed by atoms with E-state index in [2.05, 4.69) is 101 Å². The van der Waals surface area contributed by atoms with E-state index in [0.717, 1.165) is 48.1 Å². The SMILES string of the molecule is Brc1cnn2c(NCc3cccnc3)cc(-c3ccccc3)cc12.Nc1cc(-c2ccccc2)cc2c(Br)cnn12. The van der Waals surface area contributed by atoms with Gasteiger partial charge in [0.05, 0.1) is 32.4 Å². The molecule has 0 aliphatic rings. The Kier molecular flexibility index (Phi) is 7.80. The minimum Gasteiger partial charge on any atom is -0.384 e. The molecule has 2 aromatic carbocycles. The molecule has 9 heteroatoms. The highest BCUT2D eigenvalue weighted by Gasteiger charge is 2.10. The molecule has 7 nitrogen and oxygen atoms in total. The largest absolute Gasteiger partial charge is 0.384 e. The first-order valence-electron chi connectivity index (χ1n) is 12.9. The van der Waals surface area contributed by atoms with Gasteiger partial charge < -0.3 is 11.1 Å². The molecule has 7 aromatic rings. The van der Waals surface area contributed by atoms with Crippen molar-refractivity contribution in [3.63, 3.8) is 0 Å². The Bertz CT molecular complexity index is 1920. The number of halogens is 2. The lowest BCUT2D eigenvalue weighted by Gasteiger charge is -2.11. The fraction of sp³-hybridized carbons (Fsp3) is 0.0312. The standard InChI is InChI=1S/C19H15BrN4.C13H10BrN3/c20-17-13-23-24-18(17)9-16(15-6-2-1-3-7-15)10-19(24)22-12-14-5-4-8-21-11-14;14-11-8-16-17-12(11)6-10(7-13(17)15)9-4-2-1-3-5-9/h1-11,13,22H,12H2;1-8H,15H2. The van der Waals surface area contributed by atoms with Crippen LogP contribution in [0.15, 0.2) is 131 Å². The Morgan fingerprint density at radius 1 is 0.634 bits per heavy atom. The highest BCUT2D eigenvalue weighted by atomic mass is 79.9. The number of hydrogen-bond acceptors (Lipinski definition) is 5. The third-order valence-electron chi connectivity index (χ3n) is 6.58. The summed E-state index contributed by atoms with van der Waals surface area (Å²) in [5.74, 6) is 1.58. The molecule has 0 radical (unpaired) electrons. The van der Waals surface area contributed by atoms with E-state index in [-0.39, 0.29) is 0 Å². The first kappa shape index (κ1) is 26.7. The second-order valence-corrected chi connectivity index (χ2v) is 11.0. The maximum Gasteiger partial charge on any atom is 0.129 e. The van der Waals surface area contributed by atoms with Crippen molar-refractivity contribution in [3.8, 4) is 22.3 Å². The lowest BCUT2D eigenvalue weighted by molar-refractivity contribution is 0.942. The van der Waals surface area contributed by atoms with Crippen LogP contribution in [0.3, 0.4) is 0 Å². The molecular formula is C32H25Br2N7. The summed E-state index contributed by atoms with van der Waals surface area (Å²) in [4.78, 5) is 4.16. The summed E-state index contributed by atoms with van der Waals surface area (Å²) in [7, 11) is 0. The molecule has 0 aliphatic carbocycles. The van der Waals surface area contributed by atoms with Gasteiger partial charge in [-0.15, -0.1) is 0 Å². The van der Waals surface area contributed by atoms with Gasteiger partial charge in [-0.3, -0.25) is 4.98 Å². The van der Waals surface area contributed by atoms with Crippen molar-refractivity contribution in [2.24, 2.45) is 0 Å². The summed E-state index contributed by atoms with van der Waals surface area (Å²) < 4.78 is 5.55. The average Bonchev–Trinajstić information content (AvgIpc) is 3.60. The molecule has 41 heavy (non-hydrogen) atoms. The molecule has 202 valence electrons. The number of rotatable bonds is 5. The van der Waals surface area contributed by atoms with Crippen LogP contribution >= 0.6 is 31.9 Å². The molecule has 0 unspecified atom stereocenters. The number of nitrogens with two attached hydrogens (primary N) is 1. The highest BCUT2D eigenvalue weighted by Crippen LogP contribution is 2.29. The predicted octanol–water partition coefficient (Wildman–Crippen LogP) is 8.12. The number of anilines is 2. The van der Waals surface area contributed by atoms with Crippen molar-refractivity contribution < 1.29 is 0 Å². The molecule has 0 bridgehead atoms. The molecular weight excluding hydrogens is 642 g/mol. The van der Waals surface area contributed by atoms with E-state index < -0.39 is 0 Å². The Morgan fingerprint density at radius 3 is 1.83 bits per heavy atom. The zero-order chi connectivity index (χ0) is 28.2. The van der Waals surface area contributed by atoms with Gasteiger partial charge in [0.2, 0.25) is 0 Å². The van der Waals surface area contributed by atoms with Crippen LogP contribution in [0.4, 0.5) is 11.6 Å². The van der Waals surface area contributed by atoms with Gasteiger partial charge >= 0.3 is 0 Å². The van der Waals surface area contributed by atoms with E-state index in [1.54, 1.807) is 16.9 Å². The first-order valence-corrected chi connectivity index (χ1v) is 14.5. The molecule has 0 atom stereocenters. The molecule has 0 fully saturated rings. The maximum absolute atomic E-state index is 5.99. The minimum atomic E-state index is 0.632. The zero-order valence-corrected chi connectivity index (χ0v) is 25.0. The van der Waals surface area contributed by atoms with Gasteiger partial charge in [0, 0.05) is 18.9 Å². The smallest absolute Gasteiger partial charge is 0.129 e. The van der Waals surface area contributed by atoms with Crippen LogP contribution in [0.2, 0.25) is 0 Å². The fourth-order valence-corrected chi connectivity index (χ4v) is 5.30. The van der Waals surface area contributed by atoms with Crippen molar-refractivity contribution in [1.29, 1.82) is 0 Å². The topological polar surface area (TPSA) is 85.5 Å². The van der Waals surface area contributed by atoms with Crippen LogP contribution in [0.25, 0.3) is 33.3 Å². The number of aromatic nitrogens is 5. The van der Waals surface area contributed by atoms with Crippen LogP contribution < -0.4 is 11.1 Å². The number of benzene rings is 2. The minimum absolute atomic E-state index is 0.632. The van der Waals surface area contributed by atoms with Crippen molar-refractivity contribution in [2.75, 3.05) is 11.1 Å². The molecule has 0 aliphatic heterocycles. The van der Waals surface area contributed by atoms with E-state index in [4.69, 9.17) is 5.73 Å². The lowest BCUT2D eigenvalue weighted by Crippen LogP contribution is -2.05. The van der Waals surface area contributed by atoms with Gasteiger partial charge in [-0.1, -0.05) is 66.7 Å². The predicted molar refractivity (Wildman–Crippen MR) is 173 cm³/mol. The number of nitrogens with zero attached hydrogens (tertiary/aromatic N) is 5. The molecule has 0 spiro atoms. The Balaban J connectivity index is 0.000000156. The van der Waals surface area contributed by atoms with Gasteiger partial charge in [0.25, 0.3) is 0 Å². The van der Waals surface area contributed by atoms with Crippen molar-refractivity contribution in [2.45, 2.75) is 6.54 Å². The van der Waals surface area contributed by atoms with Gasteiger partial charge in [-0.25, -0.2) is 9.03 Å². The number of nitrogen functional groups attached to an aromatic ring is 1. The summed E-state index contributed by atoms with van der Waals surface area (Å²) in [6.07, 6.45) is 7.21. The van der Waals surface area contributed by atoms with E-state index in [0.29, 0.717) is 12.4 Å². The Hall–Kier alpha value is -4.47. The first-order chi connectivity index (χ1) is 20.1. The van der Waals surface area contributed by atoms with Gasteiger partial charge in [-0.2, -0.15) is 10.2 Å². The normalized spacial score (nSPS) is 10.9. The molecule has 7 rings (SSSR count). The third-order valence-corrected chi connectivity index (χ3v) is 7.80. The number of fused-ring (bicyclic) bond motifs is 2. The van der Waals surface area contributed by atoms with Crippen LogP contribution in [-0.2, 0) is 6.54 Å². The summed E-state index contributed by atoms with van der Waals surface area (Å²) in [5, 5.41) is 12.1. The summed E-state index contributed by atoms with van der Waals surface area (Å²) in [6, 6.07) is 32.8. The van der Waals surface area contributed by atoms with E-state index in [1.807, 2.05) is 65.4 Å². The van der Waals surface area contributed by atoms with Gasteiger partial charge in [0.1, 0.15) is 11.6 Å². The van der Waals surface area contributed by atoms with Crippen LogP contribution in [0.1, 0.15) is 5.56 Å². The number of pyridine rings is 3. The second-order valence-electron chi connectivity index (χ2n) is 9.32. The van der Waals surface area contributed by atoms with Gasteiger partial charge in [-0.05, 0) is 90.0 Å². The quantitative estimate of drug-likeness (QED) is 0.194. The number of nitrogens with one attached hydrogen (secondary N) is 1. The van der Waals surface area contributed by atoms with Crippen molar-refractivity contribution in [1.82, 2.24) is 24.2 Å². The maximum atomic E-state index is 5.99. The van der Waals surface area contributed by atoms with Crippen molar-refractivity contribution in [3.05, 3.63) is 136 Å². The monoisotopic (exact) mass is 665 g/mol. The zero-order valence-electron chi connectivity index (χ0n) is 21.8. The third kappa shape index (κ3) is 5.86. The highest BCUT2D eigenvalue weighted by molar-refractivity contribution is 9.11. The van der Waals surface area contributed by atoms with Crippen LogP contribution in [0.5, 0.6) is 0 Å². The van der Waals surface area contributed by atoms with Crippen molar-refractivity contribution >= 4 is 54.5 Å². The Morgan fingerprint density at radius 2 is 1.22 bits per heavy atom. The second kappa shape index (κ2) is 12.0. The summed E-state index contributed by atoms with van der Waals surface area (Å²) in [5.41, 5.74) is 13.7. The molecule has 5 aromatic heterocycles. The average molecular weight is 667 g/mol. The van der Waals surface area contributed by atoms with Gasteiger partial charge in [0.15, 0.2) is 0 Å². The van der Waals surface area contributed by atoms with Crippen LogP contribution in [0, 0.1) is 0 Å². The van der Waals surface area contributed by atoms with E-state index in [1.165, 1.54) is 5.56 Å². The van der Waals surface area contributed by atoms with E-state index >= 15 is 0 Å². The number of hydrogen-bond donors (Lipinski definition) is 2.